The van der Waals surface area contributed by atoms with Crippen LogP contribution in [0, 0.1) is 11.8 Å². The second-order valence-corrected chi connectivity index (χ2v) is 4.32. The first-order valence-corrected chi connectivity index (χ1v) is 5.71. The van der Waals surface area contributed by atoms with Crippen LogP contribution in [0.5, 0.6) is 0 Å². The van der Waals surface area contributed by atoms with Crippen molar-refractivity contribution in [2.45, 2.75) is 38.5 Å². The fraction of sp³-hybridized carbons (Fsp3) is 0.900. The molecule has 0 spiro atoms. The number of carboxylic acid groups (broad SMARTS) is 1. The van der Waals surface area contributed by atoms with E-state index < -0.39 is 5.97 Å². The topological polar surface area (TPSA) is 37.3 Å². The Bertz CT molecular complexity index is 164. The second-order valence-electron chi connectivity index (χ2n) is 3.96. The number of carbonyl (C=O) groups is 1. The number of hydrogen-bond donors (Lipinski definition) is 2. The largest absolute Gasteiger partial charge is 0.481 e. The molecule has 0 aliphatic heterocycles. The van der Waals surface area contributed by atoms with Crippen molar-refractivity contribution >= 4 is 18.6 Å². The van der Waals surface area contributed by atoms with E-state index in [0.29, 0.717) is 11.7 Å². The Balaban J connectivity index is 2.31. The molecule has 0 saturated heterocycles. The highest BCUT2D eigenvalue weighted by atomic mass is 32.1. The minimum Gasteiger partial charge on any atom is -0.481 e. The van der Waals surface area contributed by atoms with Crippen LogP contribution in [0.25, 0.3) is 0 Å². The lowest BCUT2D eigenvalue weighted by atomic mass is 9.83. The van der Waals surface area contributed by atoms with E-state index in [9.17, 15) is 4.79 Å². The van der Waals surface area contributed by atoms with Gasteiger partial charge in [0.25, 0.3) is 0 Å². The van der Waals surface area contributed by atoms with Gasteiger partial charge in [-0.1, -0.05) is 32.1 Å². The maximum atomic E-state index is 10.8. The molecule has 2 nitrogen and oxygen atoms in total. The van der Waals surface area contributed by atoms with Crippen LogP contribution in [-0.4, -0.2) is 16.8 Å². The summed E-state index contributed by atoms with van der Waals surface area (Å²) in [6.07, 6.45) is 7.16. The molecular formula is C10H18O2S. The van der Waals surface area contributed by atoms with Crippen LogP contribution >= 0.6 is 12.6 Å². The molecule has 1 N–H and O–H groups in total. The molecule has 0 amide bonds. The van der Waals surface area contributed by atoms with Crippen molar-refractivity contribution < 1.29 is 9.90 Å². The van der Waals surface area contributed by atoms with Gasteiger partial charge in [0.05, 0.1) is 5.92 Å². The van der Waals surface area contributed by atoms with Crippen LogP contribution in [0.3, 0.4) is 0 Å². The van der Waals surface area contributed by atoms with Crippen LogP contribution in [0.2, 0.25) is 0 Å². The summed E-state index contributed by atoms with van der Waals surface area (Å²) in [6.45, 7) is 0. The highest BCUT2D eigenvalue weighted by molar-refractivity contribution is 7.80. The van der Waals surface area contributed by atoms with E-state index in [2.05, 4.69) is 12.6 Å². The molecule has 0 aromatic rings. The molecular weight excluding hydrogens is 184 g/mol. The van der Waals surface area contributed by atoms with E-state index in [1.54, 1.807) is 0 Å². The van der Waals surface area contributed by atoms with Gasteiger partial charge in [-0.05, 0) is 12.3 Å². The Labute approximate surface area is 85.1 Å². The van der Waals surface area contributed by atoms with Gasteiger partial charge in [-0.3, -0.25) is 4.79 Å². The summed E-state index contributed by atoms with van der Waals surface area (Å²) in [4.78, 5) is 10.8. The first kappa shape index (κ1) is 10.9. The summed E-state index contributed by atoms with van der Waals surface area (Å²) in [5, 5.41) is 8.86. The van der Waals surface area contributed by atoms with Gasteiger partial charge < -0.3 is 5.11 Å². The van der Waals surface area contributed by atoms with E-state index in [4.69, 9.17) is 5.11 Å². The predicted octanol–water partition coefficient (Wildman–Crippen LogP) is 2.59. The monoisotopic (exact) mass is 202 g/mol. The lowest BCUT2D eigenvalue weighted by molar-refractivity contribution is -0.141. The van der Waals surface area contributed by atoms with Gasteiger partial charge in [-0.2, -0.15) is 12.6 Å². The predicted molar refractivity (Wildman–Crippen MR) is 56.2 cm³/mol. The zero-order chi connectivity index (χ0) is 9.68. The Morgan fingerprint density at radius 3 is 2.46 bits per heavy atom. The molecule has 1 rings (SSSR count). The molecule has 1 unspecified atom stereocenters. The van der Waals surface area contributed by atoms with Gasteiger partial charge >= 0.3 is 5.97 Å². The Kier molecular flexibility index (Phi) is 4.64. The van der Waals surface area contributed by atoms with Gasteiger partial charge in [0.1, 0.15) is 0 Å². The first-order chi connectivity index (χ1) is 6.24. The van der Waals surface area contributed by atoms with E-state index in [1.165, 1.54) is 32.1 Å². The van der Waals surface area contributed by atoms with Gasteiger partial charge in [0.15, 0.2) is 0 Å². The van der Waals surface area contributed by atoms with Crippen molar-refractivity contribution in [1.82, 2.24) is 0 Å². The molecule has 0 aromatic carbocycles. The summed E-state index contributed by atoms with van der Waals surface area (Å²) >= 11 is 4.07. The Hall–Kier alpha value is -0.180. The third-order valence-corrected chi connectivity index (χ3v) is 3.35. The molecule has 0 aromatic heterocycles. The zero-order valence-electron chi connectivity index (χ0n) is 7.91. The van der Waals surface area contributed by atoms with Gasteiger partial charge in [0.2, 0.25) is 0 Å². The average molecular weight is 202 g/mol. The quantitative estimate of drug-likeness (QED) is 0.688. The van der Waals surface area contributed by atoms with Crippen molar-refractivity contribution in [2.75, 3.05) is 5.75 Å². The number of aliphatic carboxylic acids is 1. The summed E-state index contributed by atoms with van der Waals surface area (Å²) in [7, 11) is 0. The van der Waals surface area contributed by atoms with Crippen molar-refractivity contribution in [1.29, 1.82) is 0 Å². The molecule has 1 aliphatic rings. The number of rotatable bonds is 4. The van der Waals surface area contributed by atoms with Crippen molar-refractivity contribution in [3.8, 4) is 0 Å². The fourth-order valence-corrected chi connectivity index (χ4v) is 2.38. The summed E-state index contributed by atoms with van der Waals surface area (Å²) in [5.41, 5.74) is 0. The van der Waals surface area contributed by atoms with Crippen LogP contribution in [0.15, 0.2) is 0 Å². The van der Waals surface area contributed by atoms with Crippen LogP contribution in [0.1, 0.15) is 38.5 Å². The standard InChI is InChI=1S/C10H18O2S/c11-10(12)9(7-13)6-8-4-2-1-3-5-8/h8-9,13H,1-7H2,(H,11,12). The average Bonchev–Trinajstić information content (AvgIpc) is 2.15. The first-order valence-electron chi connectivity index (χ1n) is 5.07. The maximum absolute atomic E-state index is 10.8. The molecule has 0 radical (unpaired) electrons. The number of hydrogen-bond acceptors (Lipinski definition) is 2. The van der Waals surface area contributed by atoms with E-state index in [-0.39, 0.29) is 5.92 Å². The van der Waals surface area contributed by atoms with Crippen LogP contribution < -0.4 is 0 Å². The van der Waals surface area contributed by atoms with Crippen molar-refractivity contribution in [3.05, 3.63) is 0 Å². The Morgan fingerprint density at radius 1 is 1.38 bits per heavy atom. The van der Waals surface area contributed by atoms with Crippen molar-refractivity contribution in [2.24, 2.45) is 11.8 Å². The summed E-state index contributed by atoms with van der Waals surface area (Å²) < 4.78 is 0. The third kappa shape index (κ3) is 3.59. The molecule has 1 atom stereocenters. The number of thiol groups is 1. The highest BCUT2D eigenvalue weighted by Gasteiger charge is 2.22. The molecule has 1 aliphatic carbocycles. The smallest absolute Gasteiger partial charge is 0.307 e. The highest BCUT2D eigenvalue weighted by Crippen LogP contribution is 2.29. The van der Waals surface area contributed by atoms with Crippen LogP contribution in [-0.2, 0) is 4.79 Å². The molecule has 0 heterocycles. The van der Waals surface area contributed by atoms with Gasteiger partial charge in [0, 0.05) is 5.75 Å². The van der Waals surface area contributed by atoms with Gasteiger partial charge in [-0.15, -0.1) is 0 Å². The molecule has 3 heteroatoms. The second kappa shape index (κ2) is 5.53. The Morgan fingerprint density at radius 2 is 2.00 bits per heavy atom. The van der Waals surface area contributed by atoms with Crippen molar-refractivity contribution in [3.63, 3.8) is 0 Å². The molecule has 13 heavy (non-hydrogen) atoms. The molecule has 76 valence electrons. The minimum atomic E-state index is -0.680. The SMILES string of the molecule is O=C(O)C(CS)CC1CCCCC1. The molecule has 1 fully saturated rings. The fourth-order valence-electron chi connectivity index (χ4n) is 2.08. The summed E-state index contributed by atoms with van der Waals surface area (Å²) in [6, 6.07) is 0. The maximum Gasteiger partial charge on any atom is 0.307 e. The molecule has 0 bridgehead atoms. The van der Waals surface area contributed by atoms with Crippen LogP contribution in [0.4, 0.5) is 0 Å². The van der Waals surface area contributed by atoms with Gasteiger partial charge in [-0.25, -0.2) is 0 Å². The number of carboxylic acids is 1. The van der Waals surface area contributed by atoms with E-state index in [0.717, 1.165) is 6.42 Å². The zero-order valence-corrected chi connectivity index (χ0v) is 8.80. The molecule has 1 saturated carbocycles. The minimum absolute atomic E-state index is 0.230. The normalized spacial score (nSPS) is 21.3. The third-order valence-electron chi connectivity index (χ3n) is 2.91. The van der Waals surface area contributed by atoms with E-state index in [1.807, 2.05) is 0 Å². The lowest BCUT2D eigenvalue weighted by Crippen LogP contribution is -2.20. The lowest BCUT2D eigenvalue weighted by Gasteiger charge is -2.23. The summed E-state index contributed by atoms with van der Waals surface area (Å²) in [5.74, 6) is 0.209. The van der Waals surface area contributed by atoms with E-state index >= 15 is 0 Å².